The van der Waals surface area contributed by atoms with E-state index in [9.17, 15) is 17.6 Å². The Bertz CT molecular complexity index is 421. The second-order valence-corrected chi connectivity index (χ2v) is 4.49. The normalized spacial score (nSPS) is 11.9. The van der Waals surface area contributed by atoms with Crippen molar-refractivity contribution in [2.24, 2.45) is 0 Å². The van der Waals surface area contributed by atoms with E-state index in [0.717, 1.165) is 0 Å². The molecule has 0 saturated carbocycles. The number of benzene rings is 1. The highest BCUT2D eigenvalue weighted by molar-refractivity contribution is 5.34. The summed E-state index contributed by atoms with van der Waals surface area (Å²) in [5.74, 6) is -0.730. The number of ether oxygens (including phenoxy) is 2. The van der Waals surface area contributed by atoms with Crippen molar-refractivity contribution in [3.05, 3.63) is 29.6 Å². The van der Waals surface area contributed by atoms with E-state index in [1.165, 1.54) is 12.1 Å². The molecule has 1 N–H and O–H groups in total. The van der Waals surface area contributed by atoms with Crippen LogP contribution in [-0.4, -0.2) is 25.6 Å². The Balaban J connectivity index is 2.58. The number of hydrogen-bond donors (Lipinski definition) is 1. The van der Waals surface area contributed by atoms with E-state index in [0.29, 0.717) is 12.1 Å². The van der Waals surface area contributed by atoms with Crippen LogP contribution in [0.2, 0.25) is 0 Å². The summed E-state index contributed by atoms with van der Waals surface area (Å²) < 4.78 is 58.5. The fourth-order valence-corrected chi connectivity index (χ4v) is 1.43. The molecule has 114 valence electrons. The van der Waals surface area contributed by atoms with E-state index in [1.54, 1.807) is 6.07 Å². The van der Waals surface area contributed by atoms with Gasteiger partial charge in [-0.2, -0.15) is 13.2 Å². The van der Waals surface area contributed by atoms with Gasteiger partial charge in [0.1, 0.15) is 6.61 Å². The molecule has 1 aromatic rings. The first kappa shape index (κ1) is 16.7. The van der Waals surface area contributed by atoms with Crippen molar-refractivity contribution in [2.45, 2.75) is 32.6 Å². The van der Waals surface area contributed by atoms with Crippen LogP contribution >= 0.6 is 0 Å². The summed E-state index contributed by atoms with van der Waals surface area (Å²) in [4.78, 5) is 0. The Morgan fingerprint density at radius 2 is 1.95 bits per heavy atom. The van der Waals surface area contributed by atoms with Crippen LogP contribution in [-0.2, 0) is 11.3 Å². The lowest BCUT2D eigenvalue weighted by atomic mass is 10.2. The molecule has 0 aromatic heterocycles. The summed E-state index contributed by atoms with van der Waals surface area (Å²) >= 11 is 0. The van der Waals surface area contributed by atoms with Crippen molar-refractivity contribution in [3.63, 3.8) is 0 Å². The molecule has 7 heteroatoms. The molecule has 3 nitrogen and oxygen atoms in total. The van der Waals surface area contributed by atoms with Gasteiger partial charge in [-0.1, -0.05) is 26.0 Å². The molecule has 0 saturated heterocycles. The number of para-hydroxylation sites is 1. The zero-order chi connectivity index (χ0) is 15.2. The summed E-state index contributed by atoms with van der Waals surface area (Å²) in [5.41, 5.74) is 0.523. The monoisotopic (exact) mass is 295 g/mol. The fraction of sp³-hybridized carbons (Fsp3) is 0.538. The van der Waals surface area contributed by atoms with Crippen molar-refractivity contribution in [2.75, 3.05) is 13.4 Å². The van der Waals surface area contributed by atoms with Gasteiger partial charge in [-0.3, -0.25) is 0 Å². The Morgan fingerprint density at radius 3 is 2.55 bits per heavy atom. The van der Waals surface area contributed by atoms with E-state index in [1.807, 2.05) is 13.8 Å². The van der Waals surface area contributed by atoms with Gasteiger partial charge in [0.15, 0.2) is 18.4 Å². The zero-order valence-electron chi connectivity index (χ0n) is 11.3. The van der Waals surface area contributed by atoms with Gasteiger partial charge in [0, 0.05) is 18.2 Å². The highest BCUT2D eigenvalue weighted by Gasteiger charge is 2.27. The smallest absolute Gasteiger partial charge is 0.411 e. The van der Waals surface area contributed by atoms with E-state index >= 15 is 0 Å². The quantitative estimate of drug-likeness (QED) is 0.476. The minimum atomic E-state index is -4.43. The fourth-order valence-electron chi connectivity index (χ4n) is 1.43. The van der Waals surface area contributed by atoms with Gasteiger partial charge < -0.3 is 14.8 Å². The Labute approximate surface area is 114 Å². The Kier molecular flexibility index (Phi) is 6.22. The van der Waals surface area contributed by atoms with Gasteiger partial charge in [0.05, 0.1) is 0 Å². The van der Waals surface area contributed by atoms with Crippen LogP contribution in [0, 0.1) is 5.82 Å². The predicted octanol–water partition coefficient (Wildman–Crippen LogP) is 3.24. The van der Waals surface area contributed by atoms with Crippen LogP contribution in [0.4, 0.5) is 17.6 Å². The number of alkyl halides is 3. The Morgan fingerprint density at radius 1 is 1.25 bits per heavy atom. The van der Waals surface area contributed by atoms with E-state index < -0.39 is 25.4 Å². The van der Waals surface area contributed by atoms with Crippen molar-refractivity contribution < 1.29 is 27.0 Å². The number of rotatable bonds is 7. The van der Waals surface area contributed by atoms with Crippen molar-refractivity contribution in [3.8, 4) is 5.75 Å². The molecular formula is C13H17F4NO2. The maximum atomic E-state index is 13.6. The average molecular weight is 295 g/mol. The molecule has 0 spiro atoms. The molecule has 20 heavy (non-hydrogen) atoms. The third-order valence-electron chi connectivity index (χ3n) is 2.30. The minimum Gasteiger partial charge on any atom is -0.464 e. The van der Waals surface area contributed by atoms with Crippen LogP contribution in [0.1, 0.15) is 19.4 Å². The van der Waals surface area contributed by atoms with Gasteiger partial charge in [0.25, 0.3) is 0 Å². The molecule has 0 aliphatic carbocycles. The molecule has 0 radical (unpaired) electrons. The van der Waals surface area contributed by atoms with Gasteiger partial charge in [-0.05, 0) is 6.07 Å². The SMILES string of the molecule is CC(C)NCc1cccc(F)c1OCOCC(F)(F)F. The maximum Gasteiger partial charge on any atom is 0.411 e. The summed E-state index contributed by atoms with van der Waals surface area (Å²) in [6.45, 7) is 2.11. The lowest BCUT2D eigenvalue weighted by molar-refractivity contribution is -0.187. The summed E-state index contributed by atoms with van der Waals surface area (Å²) in [5, 5.41) is 3.08. The van der Waals surface area contributed by atoms with Gasteiger partial charge in [-0.15, -0.1) is 0 Å². The highest BCUT2D eigenvalue weighted by atomic mass is 19.4. The van der Waals surface area contributed by atoms with Crippen LogP contribution in [0.5, 0.6) is 5.75 Å². The number of halogens is 4. The van der Waals surface area contributed by atoms with Gasteiger partial charge in [-0.25, -0.2) is 4.39 Å². The average Bonchev–Trinajstić information content (AvgIpc) is 2.32. The topological polar surface area (TPSA) is 30.5 Å². The first-order chi connectivity index (χ1) is 9.29. The maximum absolute atomic E-state index is 13.6. The largest absolute Gasteiger partial charge is 0.464 e. The van der Waals surface area contributed by atoms with Crippen molar-refractivity contribution in [1.82, 2.24) is 5.32 Å². The van der Waals surface area contributed by atoms with E-state index in [4.69, 9.17) is 4.74 Å². The third kappa shape index (κ3) is 6.21. The number of nitrogens with one attached hydrogen (secondary N) is 1. The zero-order valence-corrected chi connectivity index (χ0v) is 11.3. The molecule has 0 aliphatic heterocycles. The Hall–Kier alpha value is -1.34. The second kappa shape index (κ2) is 7.44. The van der Waals surface area contributed by atoms with Crippen LogP contribution in [0.15, 0.2) is 18.2 Å². The van der Waals surface area contributed by atoms with Crippen LogP contribution in [0.25, 0.3) is 0 Å². The van der Waals surface area contributed by atoms with Crippen LogP contribution < -0.4 is 10.1 Å². The lowest BCUT2D eigenvalue weighted by Gasteiger charge is -2.15. The summed E-state index contributed by atoms with van der Waals surface area (Å²) in [7, 11) is 0. The van der Waals surface area contributed by atoms with Crippen molar-refractivity contribution in [1.29, 1.82) is 0 Å². The first-order valence-electron chi connectivity index (χ1n) is 6.07. The van der Waals surface area contributed by atoms with Crippen molar-refractivity contribution >= 4 is 0 Å². The molecule has 0 amide bonds. The van der Waals surface area contributed by atoms with Gasteiger partial charge >= 0.3 is 6.18 Å². The molecule has 0 heterocycles. The molecule has 0 bridgehead atoms. The van der Waals surface area contributed by atoms with Crippen LogP contribution in [0.3, 0.4) is 0 Å². The molecule has 0 unspecified atom stereocenters. The third-order valence-corrected chi connectivity index (χ3v) is 2.30. The lowest BCUT2D eigenvalue weighted by Crippen LogP contribution is -2.23. The highest BCUT2D eigenvalue weighted by Crippen LogP contribution is 2.23. The molecular weight excluding hydrogens is 278 g/mol. The molecule has 1 aromatic carbocycles. The first-order valence-corrected chi connectivity index (χ1v) is 6.07. The molecule has 0 atom stereocenters. The summed E-state index contributed by atoms with van der Waals surface area (Å²) in [6, 6.07) is 4.51. The molecule has 0 fully saturated rings. The second-order valence-electron chi connectivity index (χ2n) is 4.49. The minimum absolute atomic E-state index is 0.0946. The predicted molar refractivity (Wildman–Crippen MR) is 65.9 cm³/mol. The van der Waals surface area contributed by atoms with Gasteiger partial charge in [0.2, 0.25) is 0 Å². The standard InChI is InChI=1S/C13H17F4NO2/c1-9(2)18-6-10-4-3-5-11(14)12(10)20-8-19-7-13(15,16)17/h3-5,9,18H,6-8H2,1-2H3. The molecule has 0 aliphatic rings. The summed E-state index contributed by atoms with van der Waals surface area (Å²) in [6.07, 6.45) is -4.43. The van der Waals surface area contributed by atoms with E-state index in [2.05, 4.69) is 10.1 Å². The van der Waals surface area contributed by atoms with E-state index in [-0.39, 0.29) is 11.8 Å². The number of hydrogen-bond acceptors (Lipinski definition) is 3. The molecule has 1 rings (SSSR count).